The molecule has 2 aromatic heterocycles. The molecule has 0 aliphatic heterocycles. The van der Waals surface area contributed by atoms with Gasteiger partial charge in [0.2, 0.25) is 5.69 Å². The van der Waals surface area contributed by atoms with Crippen LogP contribution in [0.3, 0.4) is 0 Å². The topological polar surface area (TPSA) is 128 Å². The van der Waals surface area contributed by atoms with E-state index < -0.39 is 10.8 Å². The van der Waals surface area contributed by atoms with Gasteiger partial charge in [0.1, 0.15) is 12.9 Å². The molecule has 19 heavy (non-hydrogen) atoms. The Morgan fingerprint density at radius 2 is 2.42 bits per heavy atom. The summed E-state index contributed by atoms with van der Waals surface area (Å²) in [7, 11) is 1.51. The molecule has 2 rings (SSSR count). The van der Waals surface area contributed by atoms with E-state index in [0.717, 1.165) is 6.20 Å². The quantitative estimate of drug-likeness (QED) is 0.594. The fourth-order valence-electron chi connectivity index (χ4n) is 1.41. The van der Waals surface area contributed by atoms with Gasteiger partial charge in [-0.25, -0.2) is 4.68 Å². The van der Waals surface area contributed by atoms with Crippen LogP contribution in [0.5, 0.6) is 0 Å². The molecule has 0 aliphatic carbocycles. The van der Waals surface area contributed by atoms with Gasteiger partial charge in [0, 0.05) is 7.11 Å². The van der Waals surface area contributed by atoms with Crippen molar-refractivity contribution >= 4 is 17.3 Å². The number of nitro groups is 1. The Kier molecular flexibility index (Phi) is 3.52. The van der Waals surface area contributed by atoms with Crippen molar-refractivity contribution in [2.24, 2.45) is 0 Å². The number of ether oxygens (including phenoxy) is 1. The summed E-state index contributed by atoms with van der Waals surface area (Å²) in [6.07, 6.45) is 3.91. The lowest BCUT2D eigenvalue weighted by Gasteiger charge is -1.99. The van der Waals surface area contributed by atoms with E-state index in [2.05, 4.69) is 20.6 Å². The number of amides is 1. The van der Waals surface area contributed by atoms with Crippen LogP contribution in [0, 0.1) is 10.1 Å². The molecule has 0 aliphatic rings. The molecule has 0 saturated carbocycles. The Morgan fingerprint density at radius 1 is 1.63 bits per heavy atom. The van der Waals surface area contributed by atoms with Crippen molar-refractivity contribution in [3.63, 3.8) is 0 Å². The monoisotopic (exact) mass is 266 g/mol. The van der Waals surface area contributed by atoms with Gasteiger partial charge in [0.15, 0.2) is 0 Å². The fourth-order valence-corrected chi connectivity index (χ4v) is 1.41. The van der Waals surface area contributed by atoms with Crippen LogP contribution in [0.15, 0.2) is 18.6 Å². The summed E-state index contributed by atoms with van der Waals surface area (Å²) in [5, 5.41) is 22.8. The maximum Gasteiger partial charge on any atom is 0.319 e. The summed E-state index contributed by atoms with van der Waals surface area (Å²) in [5.74, 6) is -0.666. The highest BCUT2D eigenvalue weighted by molar-refractivity contribution is 6.05. The first-order valence-electron chi connectivity index (χ1n) is 5.12. The van der Waals surface area contributed by atoms with Crippen molar-refractivity contribution < 1.29 is 14.5 Å². The lowest BCUT2D eigenvalue weighted by Crippen LogP contribution is -2.13. The molecule has 0 saturated heterocycles. The lowest BCUT2D eigenvalue weighted by atomic mass is 10.3. The van der Waals surface area contributed by atoms with Gasteiger partial charge in [-0.1, -0.05) is 0 Å². The number of carbonyl (C=O) groups excluding carboxylic acids is 1. The average Bonchev–Trinajstić information content (AvgIpc) is 2.98. The summed E-state index contributed by atoms with van der Waals surface area (Å²) < 4.78 is 6.31. The summed E-state index contributed by atoms with van der Waals surface area (Å²) in [6.45, 7) is 0.236. The predicted octanol–water partition coefficient (Wildman–Crippen LogP) is 0.371. The number of carbonyl (C=O) groups is 1. The van der Waals surface area contributed by atoms with Crippen molar-refractivity contribution in [1.29, 1.82) is 0 Å². The Hall–Kier alpha value is -2.75. The molecule has 0 fully saturated rings. The van der Waals surface area contributed by atoms with E-state index in [0.29, 0.717) is 5.69 Å². The smallest absolute Gasteiger partial charge is 0.319 e. The number of aromatic amines is 1. The molecule has 0 atom stereocenters. The second-order valence-corrected chi connectivity index (χ2v) is 3.53. The number of nitrogens with zero attached hydrogens (tertiary/aromatic N) is 4. The van der Waals surface area contributed by atoms with Crippen LogP contribution in [0.25, 0.3) is 0 Å². The van der Waals surface area contributed by atoms with Gasteiger partial charge in [0.25, 0.3) is 5.91 Å². The first-order valence-corrected chi connectivity index (χ1v) is 5.12. The number of rotatable bonds is 5. The zero-order valence-corrected chi connectivity index (χ0v) is 9.86. The third-order valence-electron chi connectivity index (χ3n) is 2.20. The average molecular weight is 266 g/mol. The predicted molar refractivity (Wildman–Crippen MR) is 62.4 cm³/mol. The number of hydrogen-bond acceptors (Lipinski definition) is 6. The van der Waals surface area contributed by atoms with Gasteiger partial charge in [0.05, 0.1) is 23.0 Å². The zero-order valence-electron chi connectivity index (χ0n) is 9.86. The molecule has 10 nitrogen and oxygen atoms in total. The van der Waals surface area contributed by atoms with Crippen LogP contribution in [0.1, 0.15) is 10.5 Å². The highest BCUT2D eigenvalue weighted by Gasteiger charge is 2.23. The van der Waals surface area contributed by atoms with E-state index in [-0.39, 0.29) is 18.1 Å². The largest absolute Gasteiger partial charge is 0.362 e. The molecule has 1 amide bonds. The van der Waals surface area contributed by atoms with Crippen molar-refractivity contribution in [2.45, 2.75) is 6.73 Å². The lowest BCUT2D eigenvalue weighted by molar-refractivity contribution is -0.385. The van der Waals surface area contributed by atoms with E-state index in [1.54, 1.807) is 0 Å². The maximum atomic E-state index is 11.8. The Morgan fingerprint density at radius 3 is 3.11 bits per heavy atom. The molecule has 0 aromatic carbocycles. The maximum absolute atomic E-state index is 11.8. The Balaban J connectivity index is 2.11. The standard InChI is InChI=1S/C9H10N6O4/c1-19-5-14-4-6(2-11-14)12-9(16)8-7(15(17)18)3-10-13-8/h2-4H,5H2,1H3,(H,10,13)(H,12,16). The molecular formula is C9H10N6O4. The molecule has 0 unspecified atom stereocenters. The molecule has 2 heterocycles. The summed E-state index contributed by atoms with van der Waals surface area (Å²) in [4.78, 5) is 21.8. The Labute approximate surface area is 106 Å². The number of methoxy groups -OCH3 is 1. The number of H-pyrrole nitrogens is 1. The van der Waals surface area contributed by atoms with Crippen LogP contribution >= 0.6 is 0 Å². The van der Waals surface area contributed by atoms with Crippen LogP contribution in [-0.4, -0.2) is 37.9 Å². The summed E-state index contributed by atoms with van der Waals surface area (Å²) in [5.41, 5.74) is -0.211. The molecule has 0 bridgehead atoms. The van der Waals surface area contributed by atoms with Gasteiger partial charge < -0.3 is 10.1 Å². The van der Waals surface area contributed by atoms with E-state index in [9.17, 15) is 14.9 Å². The summed E-state index contributed by atoms with van der Waals surface area (Å²) >= 11 is 0. The number of anilines is 1. The van der Waals surface area contributed by atoms with Crippen molar-refractivity contribution in [3.05, 3.63) is 34.4 Å². The first-order chi connectivity index (χ1) is 9.11. The third-order valence-corrected chi connectivity index (χ3v) is 2.20. The van der Waals surface area contributed by atoms with Crippen LogP contribution in [-0.2, 0) is 11.5 Å². The number of hydrogen-bond donors (Lipinski definition) is 2. The highest BCUT2D eigenvalue weighted by Crippen LogP contribution is 2.16. The van der Waals surface area contributed by atoms with E-state index in [1.165, 1.54) is 24.2 Å². The third kappa shape index (κ3) is 2.74. The summed E-state index contributed by atoms with van der Waals surface area (Å²) in [6, 6.07) is 0. The van der Waals surface area contributed by atoms with Crippen molar-refractivity contribution in [3.8, 4) is 0 Å². The van der Waals surface area contributed by atoms with Gasteiger partial charge >= 0.3 is 5.69 Å². The highest BCUT2D eigenvalue weighted by atomic mass is 16.6. The van der Waals surface area contributed by atoms with Gasteiger partial charge in [-0.2, -0.15) is 10.2 Å². The van der Waals surface area contributed by atoms with Gasteiger partial charge in [-0.15, -0.1) is 0 Å². The molecule has 0 spiro atoms. The number of nitrogens with one attached hydrogen (secondary N) is 2. The van der Waals surface area contributed by atoms with E-state index in [4.69, 9.17) is 4.74 Å². The minimum atomic E-state index is -0.688. The van der Waals surface area contributed by atoms with Crippen LogP contribution in [0.2, 0.25) is 0 Å². The Bertz CT molecular complexity index is 603. The molecule has 10 heteroatoms. The first kappa shape index (κ1) is 12.7. The van der Waals surface area contributed by atoms with Gasteiger partial charge in [-0.3, -0.25) is 20.0 Å². The van der Waals surface area contributed by atoms with E-state index in [1.807, 2.05) is 0 Å². The SMILES string of the molecule is COCn1cc(NC(=O)c2[nH]ncc2[N+](=O)[O-])cn1. The minimum Gasteiger partial charge on any atom is -0.362 e. The van der Waals surface area contributed by atoms with Crippen molar-refractivity contribution in [2.75, 3.05) is 12.4 Å². The van der Waals surface area contributed by atoms with Gasteiger partial charge in [-0.05, 0) is 0 Å². The van der Waals surface area contributed by atoms with Crippen LogP contribution in [0.4, 0.5) is 11.4 Å². The molecular weight excluding hydrogens is 256 g/mol. The fraction of sp³-hybridized carbons (Fsp3) is 0.222. The van der Waals surface area contributed by atoms with Crippen molar-refractivity contribution in [1.82, 2.24) is 20.0 Å². The molecule has 2 N–H and O–H groups in total. The minimum absolute atomic E-state index is 0.218. The normalized spacial score (nSPS) is 10.4. The van der Waals surface area contributed by atoms with E-state index >= 15 is 0 Å². The molecule has 2 aromatic rings. The second-order valence-electron chi connectivity index (χ2n) is 3.53. The number of aromatic nitrogens is 4. The van der Waals surface area contributed by atoms with Crippen LogP contribution < -0.4 is 5.32 Å². The molecule has 0 radical (unpaired) electrons. The molecule has 100 valence electrons. The second kappa shape index (κ2) is 5.27. The zero-order chi connectivity index (χ0) is 13.8.